The molecule has 1 atom stereocenters. The average molecular weight is 498 g/mol. The van der Waals surface area contributed by atoms with E-state index >= 15 is 0 Å². The number of nitrogens with one attached hydrogen (secondary N) is 2. The maximum atomic E-state index is 13.1. The molecule has 35 heavy (non-hydrogen) atoms. The number of hydrogen-bond acceptors (Lipinski definition) is 8. The van der Waals surface area contributed by atoms with E-state index in [-0.39, 0.29) is 18.1 Å². The number of hydrogen-bond donors (Lipinski definition) is 3. The summed E-state index contributed by atoms with van der Waals surface area (Å²) in [5.74, 6) is 0. The van der Waals surface area contributed by atoms with E-state index in [0.29, 0.717) is 30.3 Å². The van der Waals surface area contributed by atoms with E-state index in [1.165, 1.54) is 28.0 Å². The number of amides is 1. The van der Waals surface area contributed by atoms with Crippen LogP contribution < -0.4 is 16.2 Å². The van der Waals surface area contributed by atoms with E-state index in [1.807, 2.05) is 26.8 Å². The first-order valence-corrected chi connectivity index (χ1v) is 12.8. The largest absolute Gasteiger partial charge is 0.444 e. The lowest BCUT2D eigenvalue weighted by atomic mass is 9.92. The van der Waals surface area contributed by atoms with Gasteiger partial charge in [-0.05, 0) is 93.8 Å². The van der Waals surface area contributed by atoms with Crippen LogP contribution >= 0.6 is 11.5 Å². The van der Waals surface area contributed by atoms with Gasteiger partial charge in [0, 0.05) is 6.04 Å². The van der Waals surface area contributed by atoms with Crippen LogP contribution in [0.4, 0.5) is 4.79 Å². The molecule has 5 rings (SSSR count). The van der Waals surface area contributed by atoms with Crippen LogP contribution in [-0.4, -0.2) is 55.5 Å². The van der Waals surface area contributed by atoms with E-state index in [2.05, 4.69) is 32.1 Å². The van der Waals surface area contributed by atoms with E-state index < -0.39 is 17.3 Å². The molecule has 1 amide bonds. The van der Waals surface area contributed by atoms with Crippen LogP contribution in [0.5, 0.6) is 0 Å². The minimum Gasteiger partial charge on any atom is -0.444 e. The molecule has 1 saturated heterocycles. The van der Waals surface area contributed by atoms with Gasteiger partial charge in [-0.1, -0.05) is 12.1 Å². The van der Waals surface area contributed by atoms with Crippen LogP contribution in [0.1, 0.15) is 44.7 Å². The quantitative estimate of drug-likeness (QED) is 0.507. The number of rotatable bonds is 4. The molecule has 1 aromatic carbocycles. The molecule has 9 nitrogen and oxygen atoms in total. The molecule has 0 radical (unpaired) electrons. The van der Waals surface area contributed by atoms with E-state index in [9.17, 15) is 14.7 Å². The number of benzene rings is 1. The Kier molecular flexibility index (Phi) is 6.14. The van der Waals surface area contributed by atoms with Gasteiger partial charge in [-0.2, -0.15) is 4.37 Å². The Morgan fingerprint density at radius 1 is 1.26 bits per heavy atom. The van der Waals surface area contributed by atoms with Crippen molar-refractivity contribution in [2.45, 2.75) is 70.2 Å². The molecule has 2 aromatic heterocycles. The van der Waals surface area contributed by atoms with Gasteiger partial charge in [0.15, 0.2) is 5.52 Å². The zero-order valence-electron chi connectivity index (χ0n) is 20.3. The lowest BCUT2D eigenvalue weighted by Crippen LogP contribution is -2.46. The summed E-state index contributed by atoms with van der Waals surface area (Å²) < 4.78 is 11.3. The molecule has 0 saturated carbocycles. The van der Waals surface area contributed by atoms with Crippen molar-refractivity contribution < 1.29 is 14.6 Å². The van der Waals surface area contributed by atoms with Gasteiger partial charge in [0.1, 0.15) is 11.1 Å². The summed E-state index contributed by atoms with van der Waals surface area (Å²) in [5.41, 5.74) is 2.54. The summed E-state index contributed by atoms with van der Waals surface area (Å²) in [7, 11) is 0. The normalized spacial score (nSPS) is 19.5. The van der Waals surface area contributed by atoms with Crippen molar-refractivity contribution in [2.75, 3.05) is 13.1 Å². The molecule has 186 valence electrons. The SMILES string of the molecule is CC(C)(C)OC(=O)NC1Cc2ccc(-c3snc4c(=O)n(CC5(O)CCNCC5)cnc34)cc2C1. The Morgan fingerprint density at radius 3 is 2.74 bits per heavy atom. The van der Waals surface area contributed by atoms with Gasteiger partial charge in [-0.3, -0.25) is 9.36 Å². The minimum atomic E-state index is -0.910. The van der Waals surface area contributed by atoms with Crippen molar-refractivity contribution in [3.05, 3.63) is 46.0 Å². The molecular weight excluding hydrogens is 466 g/mol. The number of nitrogens with zero attached hydrogens (tertiary/aromatic N) is 3. The predicted molar refractivity (Wildman–Crippen MR) is 135 cm³/mol. The Morgan fingerprint density at radius 2 is 2.00 bits per heavy atom. The van der Waals surface area contributed by atoms with Crippen LogP contribution in [0.3, 0.4) is 0 Å². The number of carbonyl (C=O) groups is 1. The number of fused-ring (bicyclic) bond motifs is 2. The van der Waals surface area contributed by atoms with E-state index in [0.717, 1.165) is 35.5 Å². The minimum absolute atomic E-state index is 0.0144. The lowest BCUT2D eigenvalue weighted by Gasteiger charge is -2.32. The molecule has 0 bridgehead atoms. The Hall–Kier alpha value is -2.82. The molecule has 1 fully saturated rings. The number of carbonyl (C=O) groups excluding carboxylic acids is 1. The van der Waals surface area contributed by atoms with E-state index in [4.69, 9.17) is 4.74 Å². The zero-order valence-corrected chi connectivity index (χ0v) is 21.1. The second-order valence-electron chi connectivity index (χ2n) is 10.6. The third kappa shape index (κ3) is 5.10. The van der Waals surface area contributed by atoms with Gasteiger partial charge in [-0.25, -0.2) is 9.78 Å². The Bertz CT molecular complexity index is 1320. The van der Waals surface area contributed by atoms with Crippen molar-refractivity contribution in [1.29, 1.82) is 0 Å². The fourth-order valence-electron chi connectivity index (χ4n) is 4.87. The summed E-state index contributed by atoms with van der Waals surface area (Å²) in [4.78, 5) is 30.7. The molecule has 1 aliphatic heterocycles. The van der Waals surface area contributed by atoms with Crippen LogP contribution in [0.25, 0.3) is 21.5 Å². The lowest BCUT2D eigenvalue weighted by molar-refractivity contribution is -0.00629. The van der Waals surface area contributed by atoms with Gasteiger partial charge in [0.05, 0.1) is 23.4 Å². The number of piperidine rings is 1. The smallest absolute Gasteiger partial charge is 0.407 e. The summed E-state index contributed by atoms with van der Waals surface area (Å²) in [6, 6.07) is 6.18. The topological polar surface area (TPSA) is 118 Å². The number of aliphatic hydroxyl groups is 1. The first kappa shape index (κ1) is 23.9. The Balaban J connectivity index is 1.35. The first-order valence-electron chi connectivity index (χ1n) is 12.0. The molecule has 0 spiro atoms. The average Bonchev–Trinajstić information content (AvgIpc) is 3.38. The Labute approximate surface area is 207 Å². The molecule has 1 aliphatic carbocycles. The van der Waals surface area contributed by atoms with Crippen molar-refractivity contribution in [3.8, 4) is 10.4 Å². The second-order valence-corrected chi connectivity index (χ2v) is 11.4. The van der Waals surface area contributed by atoms with Gasteiger partial charge >= 0.3 is 6.09 Å². The number of alkyl carbamates (subject to hydrolysis) is 1. The third-order valence-electron chi connectivity index (χ3n) is 6.58. The molecule has 10 heteroatoms. The molecule has 3 heterocycles. The van der Waals surface area contributed by atoms with Gasteiger partial charge < -0.3 is 20.5 Å². The fraction of sp³-hybridized carbons (Fsp3) is 0.520. The van der Waals surface area contributed by atoms with Gasteiger partial charge in [-0.15, -0.1) is 0 Å². The van der Waals surface area contributed by atoms with Crippen molar-refractivity contribution >= 4 is 28.7 Å². The number of ether oxygens (including phenoxy) is 1. The fourth-order valence-corrected chi connectivity index (χ4v) is 5.68. The maximum Gasteiger partial charge on any atom is 0.407 e. The van der Waals surface area contributed by atoms with Gasteiger partial charge in [0.25, 0.3) is 5.56 Å². The number of aromatic nitrogens is 3. The predicted octanol–water partition coefficient (Wildman–Crippen LogP) is 2.63. The van der Waals surface area contributed by atoms with Crippen molar-refractivity contribution in [3.63, 3.8) is 0 Å². The third-order valence-corrected chi connectivity index (χ3v) is 7.46. The first-order chi connectivity index (χ1) is 16.6. The summed E-state index contributed by atoms with van der Waals surface area (Å²) >= 11 is 1.26. The highest BCUT2D eigenvalue weighted by Crippen LogP contribution is 2.34. The van der Waals surface area contributed by atoms with Crippen LogP contribution in [-0.2, 0) is 24.1 Å². The van der Waals surface area contributed by atoms with Crippen LogP contribution in [0.2, 0.25) is 0 Å². The van der Waals surface area contributed by atoms with Crippen LogP contribution in [0, 0.1) is 0 Å². The highest BCUT2D eigenvalue weighted by atomic mass is 32.1. The maximum absolute atomic E-state index is 13.1. The monoisotopic (exact) mass is 497 g/mol. The molecule has 3 N–H and O–H groups in total. The van der Waals surface area contributed by atoms with Gasteiger partial charge in [0.2, 0.25) is 0 Å². The summed E-state index contributed by atoms with van der Waals surface area (Å²) in [6.45, 7) is 7.22. The molecule has 3 aromatic rings. The highest BCUT2D eigenvalue weighted by Gasteiger charge is 2.31. The van der Waals surface area contributed by atoms with E-state index in [1.54, 1.807) is 0 Å². The van der Waals surface area contributed by atoms with Crippen LogP contribution in [0.15, 0.2) is 29.3 Å². The van der Waals surface area contributed by atoms with Crippen molar-refractivity contribution in [1.82, 2.24) is 24.6 Å². The second kappa shape index (κ2) is 9.00. The summed E-state index contributed by atoms with van der Waals surface area (Å²) in [5, 5.41) is 17.0. The summed E-state index contributed by atoms with van der Waals surface area (Å²) in [6.07, 6.45) is 3.78. The standard InChI is InChI=1S/C25H31N5O4S/c1-24(2,3)34-23(32)28-18-11-15-4-5-16(10-17(15)12-18)21-19-20(29-35-21)22(31)30(14-27-19)13-25(33)6-8-26-9-7-25/h4-5,10,14,18,26,33H,6-9,11-13H2,1-3H3,(H,28,32). The molecule has 2 aliphatic rings. The molecular formula is C25H31N5O4S. The zero-order chi connectivity index (χ0) is 24.8. The molecule has 1 unspecified atom stereocenters. The highest BCUT2D eigenvalue weighted by molar-refractivity contribution is 7.11. The van der Waals surface area contributed by atoms with Crippen molar-refractivity contribution in [2.24, 2.45) is 0 Å².